The van der Waals surface area contributed by atoms with E-state index in [2.05, 4.69) is 35.4 Å². The Morgan fingerprint density at radius 2 is 1.76 bits per heavy atom. The first kappa shape index (κ1) is 22.7. The van der Waals surface area contributed by atoms with Gasteiger partial charge in [-0.25, -0.2) is 15.1 Å². The second kappa shape index (κ2) is 10.9. The van der Waals surface area contributed by atoms with Gasteiger partial charge in [0.15, 0.2) is 0 Å². The molecular formula is C25H23N7O2. The molecule has 5 rings (SSSR count). The molecule has 9 nitrogen and oxygen atoms in total. The van der Waals surface area contributed by atoms with Crippen LogP contribution in [0.3, 0.4) is 0 Å². The highest BCUT2D eigenvalue weighted by molar-refractivity contribution is 5.87. The number of hydrogen-bond donors (Lipinski definition) is 1. The molecule has 170 valence electrons. The summed E-state index contributed by atoms with van der Waals surface area (Å²) < 4.78 is 5.76. The van der Waals surface area contributed by atoms with Crippen molar-refractivity contribution in [3.63, 3.8) is 0 Å². The number of benzene rings is 1. The molecule has 4 aromatic heterocycles. The van der Waals surface area contributed by atoms with Gasteiger partial charge in [0.2, 0.25) is 0 Å². The number of ether oxygens (including phenoxy) is 1. The van der Waals surface area contributed by atoms with Gasteiger partial charge in [-0.3, -0.25) is 9.79 Å². The van der Waals surface area contributed by atoms with Crippen LogP contribution < -0.4 is 10.3 Å². The second-order valence-electron chi connectivity index (χ2n) is 7.28. The van der Waals surface area contributed by atoms with E-state index >= 15 is 0 Å². The summed E-state index contributed by atoms with van der Waals surface area (Å²) in [5.74, 6) is 0.433. The summed E-state index contributed by atoms with van der Waals surface area (Å²) in [7, 11) is 1.71. The number of H-pyrrole nitrogens is 1. The molecule has 0 saturated carbocycles. The first-order chi connectivity index (χ1) is 16.7. The van der Waals surface area contributed by atoms with E-state index in [0.29, 0.717) is 23.5 Å². The van der Waals surface area contributed by atoms with Crippen LogP contribution in [0.25, 0.3) is 21.8 Å². The topological polar surface area (TPSA) is 119 Å². The third-order valence-electron chi connectivity index (χ3n) is 4.91. The molecule has 5 aromatic rings. The van der Waals surface area contributed by atoms with E-state index in [4.69, 9.17) is 4.74 Å². The fourth-order valence-electron chi connectivity index (χ4n) is 3.19. The maximum Gasteiger partial charge on any atom is 0.290 e. The molecule has 0 bridgehead atoms. The highest BCUT2D eigenvalue weighted by Crippen LogP contribution is 2.20. The van der Waals surface area contributed by atoms with Crippen molar-refractivity contribution in [1.29, 1.82) is 0 Å². The van der Waals surface area contributed by atoms with E-state index in [0.717, 1.165) is 34.1 Å². The summed E-state index contributed by atoms with van der Waals surface area (Å²) in [6.07, 6.45) is 5.80. The zero-order chi connectivity index (χ0) is 23.8. The molecule has 1 aromatic carbocycles. The Kier molecular flexibility index (Phi) is 7.24. The average Bonchev–Trinajstić information content (AvgIpc) is 2.89. The predicted molar refractivity (Wildman–Crippen MR) is 131 cm³/mol. The standard InChI is InChI=1S/C16H14N4O.C9H9N3O/c1-17-10-14-8-7-13-9-18-20-16(15(13)19-14)21-11-12-5-3-2-4-6-12;1-2-7-4-3-6-5-10-12-9(13)8(6)11-7/h2-10H,11H2,1H3;3-5H,2H2,1H3,(H,12,13). The van der Waals surface area contributed by atoms with Gasteiger partial charge in [-0.05, 0) is 36.2 Å². The average molecular weight is 454 g/mol. The first-order valence-electron chi connectivity index (χ1n) is 10.7. The molecule has 0 unspecified atom stereocenters. The Morgan fingerprint density at radius 1 is 0.971 bits per heavy atom. The van der Waals surface area contributed by atoms with Crippen LogP contribution in [0.4, 0.5) is 0 Å². The van der Waals surface area contributed by atoms with Gasteiger partial charge in [0.05, 0.1) is 18.1 Å². The summed E-state index contributed by atoms with van der Waals surface area (Å²) in [6.45, 7) is 2.44. The normalized spacial score (nSPS) is 10.9. The molecule has 1 N–H and O–H groups in total. The van der Waals surface area contributed by atoms with Crippen molar-refractivity contribution in [3.8, 4) is 5.88 Å². The van der Waals surface area contributed by atoms with Crippen molar-refractivity contribution in [2.45, 2.75) is 20.0 Å². The molecule has 0 aliphatic carbocycles. The summed E-state index contributed by atoms with van der Waals surface area (Å²) in [5, 5.41) is 15.7. The van der Waals surface area contributed by atoms with Gasteiger partial charge in [0, 0.05) is 29.7 Å². The molecule has 0 aliphatic rings. The van der Waals surface area contributed by atoms with E-state index in [9.17, 15) is 4.79 Å². The summed E-state index contributed by atoms with van der Waals surface area (Å²) in [4.78, 5) is 23.9. The smallest absolute Gasteiger partial charge is 0.290 e. The number of aromatic amines is 1. The molecular weight excluding hydrogens is 430 g/mol. The number of aryl methyl sites for hydroxylation is 1. The van der Waals surface area contributed by atoms with Gasteiger partial charge in [-0.2, -0.15) is 10.2 Å². The number of hydrogen-bond acceptors (Lipinski definition) is 8. The summed E-state index contributed by atoms with van der Waals surface area (Å²) >= 11 is 0. The lowest BCUT2D eigenvalue weighted by molar-refractivity contribution is 0.294. The molecule has 34 heavy (non-hydrogen) atoms. The van der Waals surface area contributed by atoms with E-state index in [1.54, 1.807) is 25.7 Å². The Labute approximate surface area is 195 Å². The van der Waals surface area contributed by atoms with E-state index in [-0.39, 0.29) is 5.56 Å². The molecule has 0 spiro atoms. The van der Waals surface area contributed by atoms with Gasteiger partial charge in [0.25, 0.3) is 11.4 Å². The van der Waals surface area contributed by atoms with Crippen molar-refractivity contribution < 1.29 is 4.74 Å². The quantitative estimate of drug-likeness (QED) is 0.404. The van der Waals surface area contributed by atoms with E-state index < -0.39 is 0 Å². The zero-order valence-corrected chi connectivity index (χ0v) is 18.8. The van der Waals surface area contributed by atoms with Crippen LogP contribution in [-0.2, 0) is 13.0 Å². The molecule has 0 atom stereocenters. The Bertz CT molecular complexity index is 1480. The zero-order valence-electron chi connectivity index (χ0n) is 18.8. The maximum absolute atomic E-state index is 11.3. The van der Waals surface area contributed by atoms with Gasteiger partial charge < -0.3 is 4.74 Å². The lowest BCUT2D eigenvalue weighted by atomic mass is 10.2. The number of rotatable bonds is 5. The monoisotopic (exact) mass is 453 g/mol. The van der Waals surface area contributed by atoms with Gasteiger partial charge in [0.1, 0.15) is 17.6 Å². The molecule has 0 fully saturated rings. The first-order valence-corrected chi connectivity index (χ1v) is 10.7. The molecule has 0 radical (unpaired) electrons. The molecule has 0 saturated heterocycles. The van der Waals surface area contributed by atoms with Crippen LogP contribution in [0, 0.1) is 0 Å². The fourth-order valence-corrected chi connectivity index (χ4v) is 3.19. The van der Waals surface area contributed by atoms with Gasteiger partial charge in [-0.15, -0.1) is 5.10 Å². The minimum atomic E-state index is -0.229. The number of nitrogens with one attached hydrogen (secondary N) is 1. The number of pyridine rings is 2. The van der Waals surface area contributed by atoms with Crippen LogP contribution in [0.5, 0.6) is 5.88 Å². The van der Waals surface area contributed by atoms with Crippen LogP contribution in [0.1, 0.15) is 23.9 Å². The highest BCUT2D eigenvalue weighted by atomic mass is 16.5. The van der Waals surface area contributed by atoms with Crippen LogP contribution in [-0.4, -0.2) is 43.6 Å². The third-order valence-corrected chi connectivity index (χ3v) is 4.91. The van der Waals surface area contributed by atoms with Crippen molar-refractivity contribution >= 4 is 28.0 Å². The van der Waals surface area contributed by atoms with Gasteiger partial charge >= 0.3 is 0 Å². The van der Waals surface area contributed by atoms with E-state index in [1.807, 2.05) is 61.5 Å². The van der Waals surface area contributed by atoms with Crippen molar-refractivity contribution in [1.82, 2.24) is 30.4 Å². The minimum absolute atomic E-state index is 0.229. The number of nitrogens with zero attached hydrogens (tertiary/aromatic N) is 6. The van der Waals surface area contributed by atoms with Gasteiger partial charge in [-0.1, -0.05) is 37.3 Å². The predicted octanol–water partition coefficient (Wildman–Crippen LogP) is 3.53. The lowest BCUT2D eigenvalue weighted by Gasteiger charge is -2.07. The van der Waals surface area contributed by atoms with E-state index in [1.165, 1.54) is 0 Å². The molecule has 0 amide bonds. The maximum atomic E-state index is 11.3. The molecule has 4 heterocycles. The highest BCUT2D eigenvalue weighted by Gasteiger charge is 2.07. The largest absolute Gasteiger partial charge is 0.470 e. The number of fused-ring (bicyclic) bond motifs is 2. The fraction of sp³-hybridized carbons (Fsp3) is 0.160. The molecule has 9 heteroatoms. The summed E-state index contributed by atoms with van der Waals surface area (Å²) in [5.41, 5.74) is 3.69. The van der Waals surface area contributed by atoms with Crippen molar-refractivity contribution in [3.05, 3.63) is 94.3 Å². The van der Waals surface area contributed by atoms with Crippen LogP contribution >= 0.6 is 0 Å². The van der Waals surface area contributed by atoms with Crippen LogP contribution in [0.15, 0.2) is 76.8 Å². The molecule has 0 aliphatic heterocycles. The Hall–Kier alpha value is -4.53. The third kappa shape index (κ3) is 5.44. The van der Waals surface area contributed by atoms with Crippen molar-refractivity contribution in [2.24, 2.45) is 4.99 Å². The summed E-state index contributed by atoms with van der Waals surface area (Å²) in [6, 6.07) is 17.5. The SMILES string of the molecule is CCc1ccc2cn[nH]c(=O)c2n1.CN=Cc1ccc2cnnc(OCc3ccccc3)c2n1. The minimum Gasteiger partial charge on any atom is -0.470 e. The van der Waals surface area contributed by atoms with Crippen LogP contribution in [0.2, 0.25) is 0 Å². The number of aliphatic imine (C=N–C) groups is 1. The number of aromatic nitrogens is 6. The Balaban J connectivity index is 0.000000180. The Morgan fingerprint density at radius 3 is 2.56 bits per heavy atom. The lowest BCUT2D eigenvalue weighted by Crippen LogP contribution is -2.09. The van der Waals surface area contributed by atoms with Crippen molar-refractivity contribution in [2.75, 3.05) is 7.05 Å². The second-order valence-corrected chi connectivity index (χ2v) is 7.28.